The van der Waals surface area contributed by atoms with Crippen molar-refractivity contribution in [2.75, 3.05) is 0 Å². The predicted molar refractivity (Wildman–Crippen MR) is 118 cm³/mol. The maximum absolute atomic E-state index is 13.3. The van der Waals surface area contributed by atoms with E-state index in [1.165, 1.54) is 0 Å². The molecule has 30 heavy (non-hydrogen) atoms. The number of aromatic amines is 1. The van der Waals surface area contributed by atoms with Crippen LogP contribution in [0.25, 0.3) is 10.9 Å². The molecule has 0 atom stereocenters. The molecule has 2 heterocycles. The van der Waals surface area contributed by atoms with Crippen LogP contribution in [0.5, 0.6) is 0 Å². The van der Waals surface area contributed by atoms with Gasteiger partial charge in [-0.25, -0.2) is 0 Å². The van der Waals surface area contributed by atoms with E-state index < -0.39 is 0 Å². The van der Waals surface area contributed by atoms with Gasteiger partial charge in [0.1, 0.15) is 5.76 Å². The Morgan fingerprint density at radius 2 is 1.90 bits per heavy atom. The normalized spacial score (nSPS) is 11.0. The van der Waals surface area contributed by atoms with Gasteiger partial charge in [0.05, 0.1) is 19.4 Å². The van der Waals surface area contributed by atoms with E-state index in [4.69, 9.17) is 16.0 Å². The Balaban J connectivity index is 1.72. The van der Waals surface area contributed by atoms with E-state index in [1.54, 1.807) is 41.5 Å². The van der Waals surface area contributed by atoms with Gasteiger partial charge in [-0.1, -0.05) is 23.2 Å². The molecule has 1 amide bonds. The Labute approximate surface area is 178 Å². The Morgan fingerprint density at radius 3 is 2.63 bits per heavy atom. The highest BCUT2D eigenvalue weighted by atomic mass is 35.5. The number of nitrogens with one attached hydrogen (secondary N) is 1. The third-order valence-corrected chi connectivity index (χ3v) is 5.48. The van der Waals surface area contributed by atoms with Crippen LogP contribution in [0.4, 0.5) is 0 Å². The lowest BCUT2D eigenvalue weighted by atomic mass is 10.1. The fourth-order valence-corrected chi connectivity index (χ4v) is 3.56. The van der Waals surface area contributed by atoms with E-state index >= 15 is 0 Å². The first-order chi connectivity index (χ1) is 14.4. The van der Waals surface area contributed by atoms with Gasteiger partial charge < -0.3 is 14.3 Å². The van der Waals surface area contributed by atoms with Crippen LogP contribution in [-0.2, 0) is 13.1 Å². The lowest BCUT2D eigenvalue weighted by molar-refractivity contribution is 0.0717. The predicted octanol–water partition coefficient (Wildman–Crippen LogP) is 5.23. The van der Waals surface area contributed by atoms with E-state index in [2.05, 4.69) is 4.98 Å². The number of carbonyl (C=O) groups is 1. The van der Waals surface area contributed by atoms with Gasteiger partial charge in [-0.15, -0.1) is 0 Å². The molecule has 0 aliphatic carbocycles. The summed E-state index contributed by atoms with van der Waals surface area (Å²) in [4.78, 5) is 30.5. The minimum absolute atomic E-state index is 0.153. The number of halogens is 1. The van der Waals surface area contributed by atoms with Crippen molar-refractivity contribution in [1.29, 1.82) is 0 Å². The number of H-pyrrole nitrogens is 1. The average Bonchev–Trinajstić information content (AvgIpc) is 3.23. The second-order valence-corrected chi connectivity index (χ2v) is 7.83. The molecule has 0 fully saturated rings. The van der Waals surface area contributed by atoms with Crippen molar-refractivity contribution in [3.8, 4) is 0 Å². The van der Waals surface area contributed by atoms with Crippen LogP contribution in [0.15, 0.2) is 70.1 Å². The molecule has 0 unspecified atom stereocenters. The van der Waals surface area contributed by atoms with E-state index in [-0.39, 0.29) is 24.6 Å². The number of hydrogen-bond donors (Lipinski definition) is 1. The van der Waals surface area contributed by atoms with Gasteiger partial charge in [0.15, 0.2) is 0 Å². The average molecular weight is 421 g/mol. The van der Waals surface area contributed by atoms with Gasteiger partial charge in [0, 0.05) is 21.7 Å². The first-order valence-corrected chi connectivity index (χ1v) is 9.99. The summed E-state index contributed by atoms with van der Waals surface area (Å²) in [6.07, 6.45) is 1.57. The highest BCUT2D eigenvalue weighted by Crippen LogP contribution is 2.20. The molecule has 2 aromatic carbocycles. The smallest absolute Gasteiger partial charge is 0.254 e. The minimum Gasteiger partial charge on any atom is -0.467 e. The molecular weight excluding hydrogens is 400 g/mol. The van der Waals surface area contributed by atoms with Crippen molar-refractivity contribution in [3.05, 3.63) is 104 Å². The second-order valence-electron chi connectivity index (χ2n) is 7.42. The molecule has 0 radical (unpaired) electrons. The Bertz CT molecular complexity index is 1280. The molecule has 2 aromatic heterocycles. The summed E-state index contributed by atoms with van der Waals surface area (Å²) in [5.74, 6) is 0.442. The summed E-state index contributed by atoms with van der Waals surface area (Å²) in [5, 5.41) is 1.53. The molecule has 5 nitrogen and oxygen atoms in total. The number of carbonyl (C=O) groups excluding carboxylic acids is 1. The van der Waals surface area contributed by atoms with Crippen molar-refractivity contribution >= 4 is 28.4 Å². The van der Waals surface area contributed by atoms with Gasteiger partial charge in [0.25, 0.3) is 11.5 Å². The lowest BCUT2D eigenvalue weighted by Crippen LogP contribution is -2.32. The summed E-state index contributed by atoms with van der Waals surface area (Å²) in [5.41, 5.74) is 3.50. The zero-order valence-corrected chi connectivity index (χ0v) is 17.5. The molecule has 0 aliphatic heterocycles. The number of amides is 1. The molecule has 0 bridgehead atoms. The number of hydrogen-bond acceptors (Lipinski definition) is 3. The maximum atomic E-state index is 13.3. The van der Waals surface area contributed by atoms with Gasteiger partial charge in [-0.2, -0.15) is 0 Å². The number of fused-ring (bicyclic) bond motifs is 1. The number of aryl methyl sites for hydroxylation is 2. The number of rotatable bonds is 5. The third-order valence-electron chi connectivity index (χ3n) is 5.06. The van der Waals surface area contributed by atoms with Crippen molar-refractivity contribution < 1.29 is 9.21 Å². The number of nitrogens with zero attached hydrogens (tertiary/aromatic N) is 1. The topological polar surface area (TPSA) is 66.3 Å². The minimum atomic E-state index is -0.212. The van der Waals surface area contributed by atoms with Gasteiger partial charge >= 0.3 is 0 Å². The maximum Gasteiger partial charge on any atom is 0.254 e. The number of pyridine rings is 1. The van der Waals surface area contributed by atoms with Crippen LogP contribution in [0.1, 0.15) is 32.8 Å². The monoisotopic (exact) mass is 420 g/mol. The van der Waals surface area contributed by atoms with Crippen molar-refractivity contribution in [2.24, 2.45) is 0 Å². The van der Waals surface area contributed by atoms with Crippen LogP contribution >= 0.6 is 11.6 Å². The van der Waals surface area contributed by atoms with Crippen molar-refractivity contribution in [3.63, 3.8) is 0 Å². The van der Waals surface area contributed by atoms with Crippen LogP contribution < -0.4 is 5.56 Å². The Morgan fingerprint density at radius 1 is 1.07 bits per heavy atom. The SMILES string of the molecule is Cc1ccc2[nH]c(=O)c(CN(Cc3ccco3)C(=O)c3ccc(Cl)c(C)c3)cc2c1. The Kier molecular flexibility index (Phi) is 5.46. The van der Waals surface area contributed by atoms with E-state index in [0.717, 1.165) is 22.0 Å². The molecule has 0 aliphatic rings. The zero-order valence-electron chi connectivity index (χ0n) is 16.7. The number of furan rings is 1. The lowest BCUT2D eigenvalue weighted by Gasteiger charge is -2.22. The standard InChI is InChI=1S/C24H21ClN2O3/c1-15-5-8-22-18(10-15)12-19(23(28)26-22)13-27(14-20-4-3-9-30-20)24(29)17-6-7-21(25)16(2)11-17/h3-12H,13-14H2,1-2H3,(H,26,28). The highest BCUT2D eigenvalue weighted by molar-refractivity contribution is 6.31. The van der Waals surface area contributed by atoms with Gasteiger partial charge in [0.2, 0.25) is 0 Å². The highest BCUT2D eigenvalue weighted by Gasteiger charge is 2.20. The molecule has 4 rings (SSSR count). The van der Waals surface area contributed by atoms with Crippen molar-refractivity contribution in [1.82, 2.24) is 9.88 Å². The number of benzene rings is 2. The summed E-state index contributed by atoms with van der Waals surface area (Å²) < 4.78 is 5.45. The van der Waals surface area contributed by atoms with Crippen LogP contribution in [0.2, 0.25) is 5.02 Å². The first-order valence-electron chi connectivity index (χ1n) is 9.61. The molecule has 0 saturated heterocycles. The fourth-order valence-electron chi connectivity index (χ4n) is 3.44. The van der Waals surface area contributed by atoms with Crippen molar-refractivity contribution in [2.45, 2.75) is 26.9 Å². The number of aromatic nitrogens is 1. The first kappa shape index (κ1) is 20.0. The Hall–Kier alpha value is -3.31. The van der Waals surface area contributed by atoms with Gasteiger partial charge in [-0.05, 0) is 73.3 Å². The van der Waals surface area contributed by atoms with E-state index in [9.17, 15) is 9.59 Å². The van der Waals surface area contributed by atoms with Gasteiger partial charge in [-0.3, -0.25) is 9.59 Å². The quantitative estimate of drug-likeness (QED) is 0.480. The molecule has 0 spiro atoms. The molecule has 0 saturated carbocycles. The molecule has 152 valence electrons. The van der Waals surface area contributed by atoms with E-state index in [0.29, 0.717) is 21.9 Å². The summed E-state index contributed by atoms with van der Waals surface area (Å²) in [6.45, 7) is 4.26. The molecular formula is C24H21ClN2O3. The van der Waals surface area contributed by atoms with Crippen LogP contribution in [0, 0.1) is 13.8 Å². The van der Waals surface area contributed by atoms with E-state index in [1.807, 2.05) is 38.1 Å². The summed E-state index contributed by atoms with van der Waals surface area (Å²) in [6, 6.07) is 16.4. The zero-order chi connectivity index (χ0) is 21.3. The fraction of sp³-hybridized carbons (Fsp3) is 0.167. The third kappa shape index (κ3) is 4.16. The molecule has 1 N–H and O–H groups in total. The van der Waals surface area contributed by atoms with Crippen LogP contribution in [-0.4, -0.2) is 15.8 Å². The second kappa shape index (κ2) is 8.20. The van der Waals surface area contributed by atoms with Crippen LogP contribution in [0.3, 0.4) is 0 Å². The summed E-state index contributed by atoms with van der Waals surface area (Å²) >= 11 is 6.11. The largest absolute Gasteiger partial charge is 0.467 e. The summed E-state index contributed by atoms with van der Waals surface area (Å²) in [7, 11) is 0. The molecule has 6 heteroatoms. The molecule has 4 aromatic rings.